The second kappa shape index (κ2) is 7.63. The number of hydrogen-bond acceptors (Lipinski definition) is 4. The number of aromatic nitrogens is 1. The molecular weight excluding hydrogens is 266 g/mol. The Hall–Kier alpha value is -0.760. The molecule has 5 heteroatoms. The number of hydrogen-bond donors (Lipinski definition) is 1. The number of nitriles is 1. The van der Waals surface area contributed by atoms with E-state index in [9.17, 15) is 5.26 Å². The van der Waals surface area contributed by atoms with E-state index in [1.807, 2.05) is 26.1 Å². The van der Waals surface area contributed by atoms with Crippen molar-refractivity contribution in [1.82, 2.24) is 10.3 Å². The van der Waals surface area contributed by atoms with Crippen LogP contribution < -0.4 is 5.32 Å². The summed E-state index contributed by atoms with van der Waals surface area (Å²) in [6.07, 6.45) is 4.32. The molecule has 0 amide bonds. The van der Waals surface area contributed by atoms with E-state index < -0.39 is 0 Å². The molecule has 1 aromatic heterocycles. The van der Waals surface area contributed by atoms with Crippen molar-refractivity contribution in [2.75, 3.05) is 12.8 Å². The summed E-state index contributed by atoms with van der Waals surface area (Å²) < 4.78 is 0. The maximum atomic E-state index is 9.18. The zero-order valence-corrected chi connectivity index (χ0v) is 12.3. The summed E-state index contributed by atoms with van der Waals surface area (Å²) in [5, 5.41) is 13.9. The van der Waals surface area contributed by atoms with Gasteiger partial charge in [-0.2, -0.15) is 5.26 Å². The number of nitrogens with zero attached hydrogens (tertiary/aromatic N) is 2. The van der Waals surface area contributed by atoms with Crippen molar-refractivity contribution in [3.8, 4) is 6.07 Å². The number of thioether (sulfide) groups is 1. The van der Waals surface area contributed by atoms with Crippen molar-refractivity contribution >= 4 is 23.4 Å². The van der Waals surface area contributed by atoms with Gasteiger partial charge in [0.15, 0.2) is 0 Å². The predicted molar refractivity (Wildman–Crippen MR) is 76.9 cm³/mol. The van der Waals surface area contributed by atoms with Gasteiger partial charge in [0, 0.05) is 6.20 Å². The number of halogens is 1. The zero-order chi connectivity index (χ0) is 13.4. The number of pyridine rings is 1. The van der Waals surface area contributed by atoms with Crippen LogP contribution in [0.3, 0.4) is 0 Å². The van der Waals surface area contributed by atoms with Crippen LogP contribution in [0, 0.1) is 11.3 Å². The Labute approximate surface area is 118 Å². The molecule has 0 aromatic carbocycles. The van der Waals surface area contributed by atoms with Gasteiger partial charge in [0.25, 0.3) is 0 Å². The lowest BCUT2D eigenvalue weighted by atomic mass is 9.93. The summed E-state index contributed by atoms with van der Waals surface area (Å²) in [4.78, 5) is 4.22. The molecule has 0 bridgehead atoms. The third kappa shape index (κ3) is 4.49. The normalized spacial score (nSPS) is 13.9. The van der Waals surface area contributed by atoms with Crippen LogP contribution in [-0.4, -0.2) is 23.3 Å². The first-order chi connectivity index (χ1) is 8.65. The second-order valence-electron chi connectivity index (χ2n) is 4.06. The molecule has 1 N–H and O–H groups in total. The molecule has 1 aromatic rings. The summed E-state index contributed by atoms with van der Waals surface area (Å²) in [6.45, 7) is 2.04. The van der Waals surface area contributed by atoms with Gasteiger partial charge in [0.05, 0.1) is 16.1 Å². The fourth-order valence-corrected chi connectivity index (χ4v) is 2.57. The van der Waals surface area contributed by atoms with E-state index >= 15 is 0 Å². The number of rotatable bonds is 7. The van der Waals surface area contributed by atoms with Gasteiger partial charge < -0.3 is 5.32 Å². The van der Waals surface area contributed by atoms with Crippen molar-refractivity contribution in [2.24, 2.45) is 0 Å². The molecule has 1 heterocycles. The minimum atomic E-state index is -0.381. The molecule has 0 radical (unpaired) electrons. The van der Waals surface area contributed by atoms with Gasteiger partial charge in [-0.1, -0.05) is 18.5 Å². The average molecular weight is 284 g/mol. The van der Waals surface area contributed by atoms with Crippen LogP contribution >= 0.6 is 23.4 Å². The maximum absolute atomic E-state index is 9.18. The highest BCUT2D eigenvalue weighted by Crippen LogP contribution is 2.22. The Morgan fingerprint density at radius 3 is 2.83 bits per heavy atom. The lowest BCUT2D eigenvalue weighted by Gasteiger charge is -2.24. The Balaban J connectivity index is 2.34. The SMILES string of the molecule is CCC(C#N)(CCCSc1ccc(Cl)cn1)NC. The number of nitrogens with one attached hydrogen (secondary N) is 1. The first kappa shape index (κ1) is 15.3. The van der Waals surface area contributed by atoms with Gasteiger partial charge in [-0.05, 0) is 44.2 Å². The Kier molecular flexibility index (Phi) is 6.48. The van der Waals surface area contributed by atoms with Crippen molar-refractivity contribution in [2.45, 2.75) is 36.8 Å². The quantitative estimate of drug-likeness (QED) is 0.615. The van der Waals surface area contributed by atoms with Crippen LogP contribution in [-0.2, 0) is 0 Å². The third-order valence-corrected chi connectivity index (χ3v) is 4.25. The highest BCUT2D eigenvalue weighted by atomic mass is 35.5. The van der Waals surface area contributed by atoms with Crippen molar-refractivity contribution in [1.29, 1.82) is 5.26 Å². The summed E-state index contributed by atoms with van der Waals surface area (Å²) >= 11 is 7.47. The van der Waals surface area contributed by atoms with Crippen molar-refractivity contribution in [3.63, 3.8) is 0 Å². The molecule has 1 unspecified atom stereocenters. The van der Waals surface area contributed by atoms with E-state index in [4.69, 9.17) is 11.6 Å². The molecule has 98 valence electrons. The Morgan fingerprint density at radius 1 is 1.56 bits per heavy atom. The van der Waals surface area contributed by atoms with E-state index in [1.165, 1.54) is 0 Å². The molecule has 0 fully saturated rings. The highest BCUT2D eigenvalue weighted by Gasteiger charge is 2.24. The fourth-order valence-electron chi connectivity index (χ4n) is 1.67. The summed E-state index contributed by atoms with van der Waals surface area (Å²) in [6, 6.07) is 6.13. The van der Waals surface area contributed by atoms with E-state index in [1.54, 1.807) is 18.0 Å². The first-order valence-electron chi connectivity index (χ1n) is 6.00. The largest absolute Gasteiger partial charge is 0.302 e. The summed E-state index contributed by atoms with van der Waals surface area (Å²) in [5.41, 5.74) is -0.381. The molecule has 0 aliphatic heterocycles. The van der Waals surface area contributed by atoms with Gasteiger partial charge in [0.1, 0.15) is 5.54 Å². The predicted octanol–water partition coefficient (Wildman–Crippen LogP) is 3.50. The molecular formula is C13H18ClN3S. The van der Waals surface area contributed by atoms with Crippen LogP contribution in [0.15, 0.2) is 23.4 Å². The Morgan fingerprint density at radius 2 is 2.33 bits per heavy atom. The van der Waals surface area contributed by atoms with Crippen LogP contribution in [0.4, 0.5) is 0 Å². The fraction of sp³-hybridized carbons (Fsp3) is 0.538. The molecule has 1 rings (SSSR count). The smallest absolute Gasteiger partial charge is 0.106 e. The van der Waals surface area contributed by atoms with E-state index in [0.29, 0.717) is 5.02 Å². The van der Waals surface area contributed by atoms with Crippen molar-refractivity contribution < 1.29 is 0 Å². The van der Waals surface area contributed by atoms with E-state index in [2.05, 4.69) is 16.4 Å². The van der Waals surface area contributed by atoms with Crippen LogP contribution in [0.25, 0.3) is 0 Å². The Bertz CT molecular complexity index is 396. The summed E-state index contributed by atoms with van der Waals surface area (Å²) in [7, 11) is 1.85. The standard InChI is InChI=1S/C13H18ClN3S/c1-3-13(10-15,16-2)7-4-8-18-12-6-5-11(14)9-17-12/h5-6,9,16H,3-4,7-8H2,1-2H3. The molecule has 0 saturated carbocycles. The zero-order valence-electron chi connectivity index (χ0n) is 10.7. The monoisotopic (exact) mass is 283 g/mol. The van der Waals surface area contributed by atoms with Gasteiger partial charge in [0.2, 0.25) is 0 Å². The van der Waals surface area contributed by atoms with Crippen LogP contribution in [0.5, 0.6) is 0 Å². The topological polar surface area (TPSA) is 48.7 Å². The maximum Gasteiger partial charge on any atom is 0.106 e. The van der Waals surface area contributed by atoms with Gasteiger partial charge in [-0.25, -0.2) is 4.98 Å². The van der Waals surface area contributed by atoms with Crippen LogP contribution in [0.2, 0.25) is 5.02 Å². The van der Waals surface area contributed by atoms with Crippen molar-refractivity contribution in [3.05, 3.63) is 23.4 Å². The average Bonchev–Trinajstić information content (AvgIpc) is 2.42. The molecule has 0 aliphatic rings. The molecule has 0 spiro atoms. The second-order valence-corrected chi connectivity index (χ2v) is 5.62. The van der Waals surface area contributed by atoms with Crippen LogP contribution in [0.1, 0.15) is 26.2 Å². The van der Waals surface area contributed by atoms with Gasteiger partial charge in [-0.3, -0.25) is 0 Å². The minimum Gasteiger partial charge on any atom is -0.302 e. The highest BCUT2D eigenvalue weighted by molar-refractivity contribution is 7.99. The molecule has 3 nitrogen and oxygen atoms in total. The van der Waals surface area contributed by atoms with E-state index in [-0.39, 0.29) is 5.54 Å². The van der Waals surface area contributed by atoms with Gasteiger partial charge in [-0.15, -0.1) is 11.8 Å². The molecule has 0 saturated heterocycles. The molecule has 1 atom stereocenters. The lowest BCUT2D eigenvalue weighted by Crippen LogP contribution is -2.40. The summed E-state index contributed by atoms with van der Waals surface area (Å²) in [5.74, 6) is 0.958. The molecule has 18 heavy (non-hydrogen) atoms. The third-order valence-electron chi connectivity index (χ3n) is 2.99. The molecule has 0 aliphatic carbocycles. The lowest BCUT2D eigenvalue weighted by molar-refractivity contribution is 0.400. The van der Waals surface area contributed by atoms with E-state index in [0.717, 1.165) is 30.0 Å². The first-order valence-corrected chi connectivity index (χ1v) is 7.36. The minimum absolute atomic E-state index is 0.381. The van der Waals surface area contributed by atoms with Gasteiger partial charge >= 0.3 is 0 Å².